The number of H-pyrrole nitrogens is 1. The predicted molar refractivity (Wildman–Crippen MR) is 128 cm³/mol. The lowest BCUT2D eigenvalue weighted by Gasteiger charge is -2.27. The minimum absolute atomic E-state index is 0.397. The van der Waals surface area contributed by atoms with Crippen molar-refractivity contribution in [2.75, 3.05) is 36.5 Å². The molecule has 1 aliphatic rings. The Morgan fingerprint density at radius 3 is 2.76 bits per heavy atom. The number of aromatic nitrogens is 7. The van der Waals surface area contributed by atoms with Gasteiger partial charge in [-0.2, -0.15) is 19.6 Å². The Bertz CT molecular complexity index is 1400. The van der Waals surface area contributed by atoms with Crippen LogP contribution in [0, 0.1) is 0 Å². The minimum atomic E-state index is 0.397. The molecule has 5 aromatic rings. The maximum atomic E-state index is 6.13. The van der Waals surface area contributed by atoms with E-state index in [1.54, 1.807) is 39.7 Å². The summed E-state index contributed by atoms with van der Waals surface area (Å²) in [6.07, 6.45) is 3.60. The van der Waals surface area contributed by atoms with E-state index in [1.807, 2.05) is 6.20 Å². The van der Waals surface area contributed by atoms with Gasteiger partial charge in [0.2, 0.25) is 11.9 Å². The molecule has 0 radical (unpaired) electrons. The molecule has 1 aliphatic heterocycles. The standard InChI is InChI=1S/C20H17Cl2N9OS/c21-12-5-14-15(6-13(12)22)27-17(26-14)9-24-19-29-20(30-1-3-32-4-2-30)28-18-11(7-25-31(18)19)16-8-23-10-33-16/h5-8,10H,1-4,9H2,(H,26,27)(H,24,28,29). The highest BCUT2D eigenvalue weighted by atomic mass is 35.5. The number of imidazole rings is 1. The van der Waals surface area contributed by atoms with Crippen molar-refractivity contribution >= 4 is 63.1 Å². The summed E-state index contributed by atoms with van der Waals surface area (Å²) in [7, 11) is 0. The number of thiazole rings is 1. The summed E-state index contributed by atoms with van der Waals surface area (Å²) >= 11 is 13.8. The number of ether oxygens (including phenoxy) is 1. The first-order chi connectivity index (χ1) is 16.2. The lowest BCUT2D eigenvalue weighted by atomic mass is 10.3. The number of hydrogen-bond donors (Lipinski definition) is 2. The summed E-state index contributed by atoms with van der Waals surface area (Å²) < 4.78 is 7.19. The first-order valence-corrected chi connectivity index (χ1v) is 11.8. The Morgan fingerprint density at radius 1 is 1.09 bits per heavy atom. The summed E-state index contributed by atoms with van der Waals surface area (Å²) in [6, 6.07) is 3.51. The predicted octanol–water partition coefficient (Wildman–Crippen LogP) is 3.88. The van der Waals surface area contributed by atoms with Crippen molar-refractivity contribution in [2.45, 2.75) is 6.54 Å². The van der Waals surface area contributed by atoms with Crippen LogP contribution in [0.15, 0.2) is 30.0 Å². The van der Waals surface area contributed by atoms with Gasteiger partial charge in [0.05, 0.1) is 63.0 Å². The van der Waals surface area contributed by atoms with Crippen molar-refractivity contribution in [1.29, 1.82) is 0 Å². The third-order valence-corrected chi connectivity index (χ3v) is 6.86. The van der Waals surface area contributed by atoms with Gasteiger partial charge in [0, 0.05) is 19.3 Å². The maximum Gasteiger partial charge on any atom is 0.230 e. The molecule has 1 aromatic carbocycles. The van der Waals surface area contributed by atoms with Crippen LogP contribution >= 0.6 is 34.5 Å². The van der Waals surface area contributed by atoms with Crippen molar-refractivity contribution in [3.63, 3.8) is 0 Å². The molecular weight excluding hydrogens is 485 g/mol. The third-order valence-electron chi connectivity index (χ3n) is 5.33. The molecule has 168 valence electrons. The van der Waals surface area contributed by atoms with E-state index in [1.165, 1.54) is 0 Å². The number of fused-ring (bicyclic) bond motifs is 2. The smallest absolute Gasteiger partial charge is 0.230 e. The molecule has 1 saturated heterocycles. The van der Waals surface area contributed by atoms with E-state index < -0.39 is 0 Å². The maximum absolute atomic E-state index is 6.13. The average Bonchev–Trinajstić information content (AvgIpc) is 3.58. The lowest BCUT2D eigenvalue weighted by molar-refractivity contribution is 0.122. The van der Waals surface area contributed by atoms with E-state index in [-0.39, 0.29) is 0 Å². The van der Waals surface area contributed by atoms with Crippen LogP contribution in [-0.4, -0.2) is 60.8 Å². The Hall–Kier alpha value is -2.99. The van der Waals surface area contributed by atoms with Gasteiger partial charge in [-0.3, -0.25) is 4.98 Å². The van der Waals surface area contributed by atoms with Crippen LogP contribution < -0.4 is 10.2 Å². The monoisotopic (exact) mass is 501 g/mol. The van der Waals surface area contributed by atoms with Gasteiger partial charge in [-0.15, -0.1) is 11.3 Å². The van der Waals surface area contributed by atoms with Gasteiger partial charge in [0.1, 0.15) is 5.82 Å². The zero-order valence-corrected chi connectivity index (χ0v) is 19.5. The van der Waals surface area contributed by atoms with Gasteiger partial charge in [0.25, 0.3) is 0 Å². The highest BCUT2D eigenvalue weighted by molar-refractivity contribution is 7.13. The second kappa shape index (κ2) is 8.41. The second-order valence-electron chi connectivity index (χ2n) is 7.43. The molecule has 6 rings (SSSR count). The van der Waals surface area contributed by atoms with Gasteiger partial charge in [0.15, 0.2) is 5.65 Å². The highest BCUT2D eigenvalue weighted by Crippen LogP contribution is 2.30. The Morgan fingerprint density at radius 2 is 1.94 bits per heavy atom. The fourth-order valence-electron chi connectivity index (χ4n) is 3.71. The summed E-state index contributed by atoms with van der Waals surface area (Å²) in [5.41, 5.74) is 4.97. The van der Waals surface area contributed by atoms with Crippen molar-refractivity contribution < 1.29 is 4.74 Å². The third kappa shape index (κ3) is 3.86. The lowest BCUT2D eigenvalue weighted by Crippen LogP contribution is -2.37. The summed E-state index contributed by atoms with van der Waals surface area (Å²) in [6.45, 7) is 3.13. The Kier molecular flexibility index (Phi) is 5.25. The molecule has 2 N–H and O–H groups in total. The number of nitrogens with zero attached hydrogens (tertiary/aromatic N) is 7. The zero-order chi connectivity index (χ0) is 22.4. The van der Waals surface area contributed by atoms with Crippen LogP contribution in [0.1, 0.15) is 5.82 Å². The molecule has 0 atom stereocenters. The second-order valence-corrected chi connectivity index (χ2v) is 9.13. The van der Waals surface area contributed by atoms with E-state index >= 15 is 0 Å². The molecular formula is C20H17Cl2N9OS. The van der Waals surface area contributed by atoms with Gasteiger partial charge in [-0.25, -0.2) is 4.98 Å². The zero-order valence-electron chi connectivity index (χ0n) is 17.1. The highest BCUT2D eigenvalue weighted by Gasteiger charge is 2.20. The molecule has 0 spiro atoms. The van der Waals surface area contributed by atoms with Crippen LogP contribution in [0.4, 0.5) is 11.9 Å². The quantitative estimate of drug-likeness (QED) is 0.373. The molecule has 13 heteroatoms. The van der Waals surface area contributed by atoms with Gasteiger partial charge >= 0.3 is 0 Å². The molecule has 0 aliphatic carbocycles. The Labute approximate surface area is 201 Å². The molecule has 0 saturated carbocycles. The largest absolute Gasteiger partial charge is 0.378 e. The molecule has 4 aromatic heterocycles. The molecule has 0 amide bonds. The number of benzene rings is 1. The van der Waals surface area contributed by atoms with E-state index in [0.717, 1.165) is 40.4 Å². The van der Waals surface area contributed by atoms with Crippen LogP contribution in [-0.2, 0) is 11.3 Å². The molecule has 1 fully saturated rings. The Balaban J connectivity index is 1.38. The number of aromatic amines is 1. The fraction of sp³-hybridized carbons (Fsp3) is 0.250. The molecule has 0 unspecified atom stereocenters. The molecule has 5 heterocycles. The number of rotatable bonds is 5. The topological polar surface area (TPSA) is 109 Å². The van der Waals surface area contributed by atoms with Crippen molar-refractivity contribution in [3.8, 4) is 10.4 Å². The van der Waals surface area contributed by atoms with E-state index in [2.05, 4.69) is 30.3 Å². The normalized spacial score (nSPS) is 14.4. The summed E-state index contributed by atoms with van der Waals surface area (Å²) in [5, 5.41) is 8.84. The first-order valence-electron chi connectivity index (χ1n) is 10.2. The van der Waals surface area contributed by atoms with Crippen LogP contribution in [0.3, 0.4) is 0 Å². The average molecular weight is 502 g/mol. The van der Waals surface area contributed by atoms with E-state index in [4.69, 9.17) is 37.9 Å². The fourth-order valence-corrected chi connectivity index (χ4v) is 4.66. The van der Waals surface area contributed by atoms with E-state index in [0.29, 0.717) is 47.3 Å². The SMILES string of the molecule is Clc1cc2nc(CNc3nc(N4CCOCC4)nc4c(-c5cncs5)cnn34)[nH]c2cc1Cl. The van der Waals surface area contributed by atoms with Gasteiger partial charge < -0.3 is 19.9 Å². The molecule has 33 heavy (non-hydrogen) atoms. The van der Waals surface area contributed by atoms with Gasteiger partial charge in [-0.05, 0) is 12.1 Å². The molecule has 10 nitrogen and oxygen atoms in total. The number of halogens is 2. The molecule has 0 bridgehead atoms. The number of nitrogens with one attached hydrogen (secondary N) is 2. The number of anilines is 2. The number of hydrogen-bond acceptors (Lipinski definition) is 9. The van der Waals surface area contributed by atoms with Crippen LogP contribution in [0.2, 0.25) is 10.0 Å². The number of morpholine rings is 1. The van der Waals surface area contributed by atoms with Gasteiger partial charge in [-0.1, -0.05) is 23.2 Å². The minimum Gasteiger partial charge on any atom is -0.378 e. The van der Waals surface area contributed by atoms with Crippen LogP contribution in [0.25, 0.3) is 27.1 Å². The van der Waals surface area contributed by atoms with Crippen molar-refractivity contribution in [2.24, 2.45) is 0 Å². The first kappa shape index (κ1) is 20.6. The summed E-state index contributed by atoms with van der Waals surface area (Å²) in [4.78, 5) is 24.8. The van der Waals surface area contributed by atoms with E-state index in [9.17, 15) is 0 Å². The summed E-state index contributed by atoms with van der Waals surface area (Å²) in [5.74, 6) is 1.91. The van der Waals surface area contributed by atoms with Crippen LogP contribution in [0.5, 0.6) is 0 Å². The van der Waals surface area contributed by atoms with Crippen molar-refractivity contribution in [3.05, 3.63) is 45.9 Å². The van der Waals surface area contributed by atoms with Crippen molar-refractivity contribution in [1.82, 2.24) is 34.5 Å².